The lowest BCUT2D eigenvalue weighted by Crippen LogP contribution is -1.83. The van der Waals surface area contributed by atoms with Crippen LogP contribution in [0, 0.1) is 10.1 Å². The molecule has 0 saturated heterocycles. The van der Waals surface area contributed by atoms with Gasteiger partial charge in [-0.3, -0.25) is 10.1 Å². The van der Waals surface area contributed by atoms with Crippen LogP contribution in [0.1, 0.15) is 5.76 Å². The molecular weight excluding hydrogens is 290 g/mol. The van der Waals surface area contributed by atoms with Gasteiger partial charge in [0.2, 0.25) is 0 Å². The second-order valence-corrected chi connectivity index (χ2v) is 5.43. The van der Waals surface area contributed by atoms with E-state index in [2.05, 4.69) is 0 Å². The molecule has 6 heteroatoms. The Balaban J connectivity index is 1.85. The zero-order valence-corrected chi connectivity index (χ0v) is 11.7. The maximum Gasteiger partial charge on any atom is 0.433 e. The lowest BCUT2D eigenvalue weighted by atomic mass is 10.1. The molecule has 0 aliphatic heterocycles. The quantitative estimate of drug-likeness (QED) is 0.440. The molecule has 0 unspecified atom stereocenters. The van der Waals surface area contributed by atoms with Crippen LogP contribution in [-0.4, -0.2) is 10.0 Å². The largest absolute Gasteiger partial charge is 0.507 e. The SMILES string of the molecule is O=[N+]([O-])c1ccc(CSc2ccc(O)c3ccccc23)o1. The highest BCUT2D eigenvalue weighted by molar-refractivity contribution is 7.98. The molecule has 5 nitrogen and oxygen atoms in total. The van der Waals surface area contributed by atoms with Crippen LogP contribution in [0.15, 0.2) is 57.8 Å². The number of thioether (sulfide) groups is 1. The minimum absolute atomic E-state index is 0.239. The van der Waals surface area contributed by atoms with Gasteiger partial charge in [-0.1, -0.05) is 24.3 Å². The molecule has 1 aromatic heterocycles. The summed E-state index contributed by atoms with van der Waals surface area (Å²) in [6.07, 6.45) is 0. The molecule has 0 amide bonds. The zero-order chi connectivity index (χ0) is 14.8. The number of nitro groups is 1. The van der Waals surface area contributed by atoms with Crippen molar-refractivity contribution in [1.29, 1.82) is 0 Å². The van der Waals surface area contributed by atoms with Crippen molar-refractivity contribution in [2.75, 3.05) is 0 Å². The van der Waals surface area contributed by atoms with Gasteiger partial charge in [-0.25, -0.2) is 0 Å². The van der Waals surface area contributed by atoms with E-state index in [1.807, 2.05) is 30.3 Å². The van der Waals surface area contributed by atoms with E-state index < -0.39 is 4.92 Å². The fourth-order valence-corrected chi connectivity index (χ4v) is 3.02. The molecule has 3 aromatic rings. The smallest absolute Gasteiger partial charge is 0.433 e. The van der Waals surface area contributed by atoms with Gasteiger partial charge in [-0.15, -0.1) is 11.8 Å². The Morgan fingerprint density at radius 1 is 1.10 bits per heavy atom. The van der Waals surface area contributed by atoms with Crippen molar-refractivity contribution in [2.45, 2.75) is 10.6 Å². The first kappa shape index (κ1) is 13.5. The van der Waals surface area contributed by atoms with Gasteiger partial charge < -0.3 is 9.52 Å². The normalized spacial score (nSPS) is 10.9. The molecule has 0 atom stereocenters. The first-order valence-electron chi connectivity index (χ1n) is 6.22. The summed E-state index contributed by atoms with van der Waals surface area (Å²) in [6.45, 7) is 0. The second kappa shape index (κ2) is 5.49. The van der Waals surface area contributed by atoms with Crippen molar-refractivity contribution in [3.05, 3.63) is 64.4 Å². The molecule has 3 rings (SSSR count). The summed E-state index contributed by atoms with van der Waals surface area (Å²) in [5, 5.41) is 22.2. The third-order valence-electron chi connectivity index (χ3n) is 3.06. The number of rotatable bonds is 4. The average Bonchev–Trinajstić information content (AvgIpc) is 2.96. The van der Waals surface area contributed by atoms with Crippen LogP contribution in [0.4, 0.5) is 5.88 Å². The van der Waals surface area contributed by atoms with Crippen LogP contribution in [0.25, 0.3) is 10.8 Å². The number of nitrogens with zero attached hydrogens (tertiary/aromatic N) is 1. The van der Waals surface area contributed by atoms with E-state index in [9.17, 15) is 15.2 Å². The number of furan rings is 1. The standard InChI is InChI=1S/C15H11NO4S/c17-13-6-7-14(12-4-2-1-3-11(12)13)21-9-10-5-8-15(20-10)16(18)19/h1-8,17H,9H2. The lowest BCUT2D eigenvalue weighted by Gasteiger charge is -2.06. The Hall–Kier alpha value is -2.47. The second-order valence-electron chi connectivity index (χ2n) is 4.41. The average molecular weight is 301 g/mol. The first-order chi connectivity index (χ1) is 10.1. The van der Waals surface area contributed by atoms with E-state index in [-0.39, 0.29) is 11.6 Å². The molecule has 0 radical (unpaired) electrons. The highest BCUT2D eigenvalue weighted by Crippen LogP contribution is 2.35. The molecule has 106 valence electrons. The maximum atomic E-state index is 10.6. The summed E-state index contributed by atoms with van der Waals surface area (Å²) in [5.74, 6) is 1.02. The van der Waals surface area contributed by atoms with Crippen molar-refractivity contribution in [2.24, 2.45) is 0 Å². The van der Waals surface area contributed by atoms with Gasteiger partial charge in [0.15, 0.2) is 0 Å². The van der Waals surface area contributed by atoms with E-state index in [0.717, 1.165) is 15.7 Å². The predicted molar refractivity (Wildman–Crippen MR) is 80.5 cm³/mol. The molecule has 2 aromatic carbocycles. The van der Waals surface area contributed by atoms with Crippen molar-refractivity contribution < 1.29 is 14.4 Å². The maximum absolute atomic E-state index is 10.6. The molecule has 21 heavy (non-hydrogen) atoms. The van der Waals surface area contributed by atoms with Gasteiger partial charge in [0.05, 0.1) is 11.8 Å². The van der Waals surface area contributed by atoms with Crippen LogP contribution >= 0.6 is 11.8 Å². The van der Waals surface area contributed by atoms with Crippen molar-refractivity contribution in [3.8, 4) is 5.75 Å². The first-order valence-corrected chi connectivity index (χ1v) is 7.20. The van der Waals surface area contributed by atoms with Gasteiger partial charge in [0.25, 0.3) is 0 Å². The van der Waals surface area contributed by atoms with Crippen LogP contribution in [0.5, 0.6) is 5.75 Å². The van der Waals surface area contributed by atoms with Crippen LogP contribution < -0.4 is 0 Å². The molecular formula is C15H11NO4S. The number of phenols is 1. The van der Waals surface area contributed by atoms with E-state index in [1.54, 1.807) is 12.1 Å². The topological polar surface area (TPSA) is 76.5 Å². The van der Waals surface area contributed by atoms with Crippen LogP contribution in [0.3, 0.4) is 0 Å². The number of aromatic hydroxyl groups is 1. The number of hydrogen-bond acceptors (Lipinski definition) is 5. The molecule has 1 heterocycles. The van der Waals surface area contributed by atoms with Gasteiger partial charge in [0, 0.05) is 10.3 Å². The summed E-state index contributed by atoms with van der Waals surface area (Å²) in [7, 11) is 0. The monoisotopic (exact) mass is 301 g/mol. The Morgan fingerprint density at radius 2 is 1.86 bits per heavy atom. The van der Waals surface area contributed by atoms with E-state index in [0.29, 0.717) is 11.5 Å². The van der Waals surface area contributed by atoms with E-state index in [1.165, 1.54) is 17.8 Å². The molecule has 0 bridgehead atoms. The molecule has 0 aliphatic rings. The third-order valence-corrected chi connectivity index (χ3v) is 4.15. The minimum atomic E-state index is -0.551. The zero-order valence-electron chi connectivity index (χ0n) is 10.9. The van der Waals surface area contributed by atoms with Gasteiger partial charge in [-0.05, 0) is 23.6 Å². The number of fused-ring (bicyclic) bond motifs is 1. The van der Waals surface area contributed by atoms with Crippen molar-refractivity contribution >= 4 is 28.4 Å². The molecule has 0 saturated carbocycles. The minimum Gasteiger partial charge on any atom is -0.507 e. The highest BCUT2D eigenvalue weighted by atomic mass is 32.2. The highest BCUT2D eigenvalue weighted by Gasteiger charge is 2.12. The Morgan fingerprint density at radius 3 is 2.57 bits per heavy atom. The summed E-state index contributed by atoms with van der Waals surface area (Å²) < 4.78 is 5.13. The van der Waals surface area contributed by atoms with E-state index >= 15 is 0 Å². The fourth-order valence-electron chi connectivity index (χ4n) is 2.07. The molecule has 1 N–H and O–H groups in total. The van der Waals surface area contributed by atoms with Crippen LogP contribution in [0.2, 0.25) is 0 Å². The third kappa shape index (κ3) is 2.71. The van der Waals surface area contributed by atoms with E-state index in [4.69, 9.17) is 4.42 Å². The Bertz CT molecular complexity index is 812. The number of phenolic OH excluding ortho intramolecular Hbond substituents is 1. The summed E-state index contributed by atoms with van der Waals surface area (Å²) in [6, 6.07) is 14.0. The van der Waals surface area contributed by atoms with Gasteiger partial charge in [0.1, 0.15) is 16.4 Å². The van der Waals surface area contributed by atoms with Crippen molar-refractivity contribution in [1.82, 2.24) is 0 Å². The Kier molecular flexibility index (Phi) is 3.53. The van der Waals surface area contributed by atoms with Crippen molar-refractivity contribution in [3.63, 3.8) is 0 Å². The molecule has 0 spiro atoms. The van der Waals surface area contributed by atoms with Crippen LogP contribution in [-0.2, 0) is 5.75 Å². The number of hydrogen-bond donors (Lipinski definition) is 1. The summed E-state index contributed by atoms with van der Waals surface area (Å²) in [5.41, 5.74) is 0. The molecule has 0 fully saturated rings. The fraction of sp³-hybridized carbons (Fsp3) is 0.0667. The summed E-state index contributed by atoms with van der Waals surface area (Å²) in [4.78, 5) is 11.0. The lowest BCUT2D eigenvalue weighted by molar-refractivity contribution is -0.402. The predicted octanol–water partition coefficient (Wildman–Crippen LogP) is 4.34. The Labute approximate surface area is 124 Å². The van der Waals surface area contributed by atoms with Gasteiger partial charge >= 0.3 is 5.88 Å². The summed E-state index contributed by atoms with van der Waals surface area (Å²) >= 11 is 1.51. The molecule has 0 aliphatic carbocycles. The number of benzene rings is 2. The van der Waals surface area contributed by atoms with Gasteiger partial charge in [-0.2, -0.15) is 0 Å².